The zero-order valence-corrected chi connectivity index (χ0v) is 14.7. The van der Waals surface area contributed by atoms with Crippen LogP contribution in [0.2, 0.25) is 0 Å². The first kappa shape index (κ1) is 16.2. The van der Waals surface area contributed by atoms with Crippen molar-refractivity contribution in [1.82, 2.24) is 15.0 Å². The van der Waals surface area contributed by atoms with Gasteiger partial charge in [-0.1, -0.05) is 11.3 Å². The summed E-state index contributed by atoms with van der Waals surface area (Å²) in [6, 6.07) is 4.22. The second-order valence-electron chi connectivity index (χ2n) is 6.73. The maximum atomic E-state index is 12.9. The van der Waals surface area contributed by atoms with Gasteiger partial charge in [0, 0.05) is 19.3 Å². The molecule has 0 radical (unpaired) electrons. The zero-order chi connectivity index (χ0) is 17.6. The molecule has 7 heteroatoms. The van der Waals surface area contributed by atoms with Gasteiger partial charge in [0.05, 0.1) is 19.4 Å². The molecule has 1 fully saturated rings. The van der Waals surface area contributed by atoms with E-state index >= 15 is 0 Å². The summed E-state index contributed by atoms with van der Waals surface area (Å²) in [4.78, 5) is 14.7. The van der Waals surface area contributed by atoms with E-state index in [1.54, 1.807) is 22.9 Å². The van der Waals surface area contributed by atoms with Gasteiger partial charge in [-0.25, -0.2) is 4.68 Å². The van der Waals surface area contributed by atoms with Crippen molar-refractivity contribution < 1.29 is 14.3 Å². The van der Waals surface area contributed by atoms with Gasteiger partial charge >= 0.3 is 0 Å². The van der Waals surface area contributed by atoms with E-state index in [1.807, 2.05) is 0 Å². The predicted molar refractivity (Wildman–Crippen MR) is 92.0 cm³/mol. The Morgan fingerprint density at radius 1 is 1.28 bits per heavy atom. The molecule has 0 N–H and O–H groups in total. The number of fused-ring (bicyclic) bond motifs is 1. The minimum Gasteiger partial charge on any atom is -0.377 e. The molecule has 2 aliphatic heterocycles. The number of aryl methyl sites for hydroxylation is 2. The molecule has 2 atom stereocenters. The minimum atomic E-state index is -0.110. The van der Waals surface area contributed by atoms with Crippen molar-refractivity contribution in [3.63, 3.8) is 0 Å². The van der Waals surface area contributed by atoms with Crippen LogP contribution in [0.5, 0.6) is 0 Å². The normalized spacial score (nSPS) is 22.4. The Morgan fingerprint density at radius 2 is 2.08 bits per heavy atom. The highest BCUT2D eigenvalue weighted by Crippen LogP contribution is 2.32. The van der Waals surface area contributed by atoms with Gasteiger partial charge in [-0.05, 0) is 43.0 Å². The molecule has 1 aromatic carbocycles. The van der Waals surface area contributed by atoms with E-state index in [0.29, 0.717) is 25.5 Å². The Kier molecular flexibility index (Phi) is 4.05. The van der Waals surface area contributed by atoms with Crippen LogP contribution in [0.1, 0.15) is 33.2 Å². The van der Waals surface area contributed by atoms with Crippen molar-refractivity contribution in [2.75, 3.05) is 31.8 Å². The van der Waals surface area contributed by atoms with Gasteiger partial charge in [-0.15, -0.1) is 5.10 Å². The monoisotopic (exact) mass is 342 g/mol. The third-order valence-electron chi connectivity index (χ3n) is 5.21. The van der Waals surface area contributed by atoms with Crippen LogP contribution < -0.4 is 4.90 Å². The van der Waals surface area contributed by atoms with Crippen LogP contribution in [0.3, 0.4) is 0 Å². The van der Waals surface area contributed by atoms with E-state index < -0.39 is 0 Å². The van der Waals surface area contributed by atoms with Gasteiger partial charge in [-0.3, -0.25) is 4.79 Å². The summed E-state index contributed by atoms with van der Waals surface area (Å²) in [5, 5.41) is 8.23. The number of rotatable bonds is 3. The number of nitrogens with zero attached hydrogens (tertiary/aromatic N) is 4. The molecule has 1 saturated heterocycles. The smallest absolute Gasteiger partial charge is 0.280 e. The SMILES string of the molecule is CO[C@@H]1COC[C@H]1n1cc(C(=O)N2CCc3cc(C)c(C)cc32)nn1. The molecular formula is C18H22N4O3. The minimum absolute atomic E-state index is 0.0465. The van der Waals surface area contributed by atoms with Crippen molar-refractivity contribution in [3.05, 3.63) is 40.7 Å². The van der Waals surface area contributed by atoms with Gasteiger partial charge in [0.2, 0.25) is 0 Å². The van der Waals surface area contributed by atoms with Crippen molar-refractivity contribution in [3.8, 4) is 0 Å². The van der Waals surface area contributed by atoms with E-state index in [1.165, 1.54) is 16.7 Å². The number of anilines is 1. The molecule has 0 bridgehead atoms. The third-order valence-corrected chi connectivity index (χ3v) is 5.21. The van der Waals surface area contributed by atoms with Gasteiger partial charge in [-0.2, -0.15) is 0 Å². The average molecular weight is 342 g/mol. The first-order chi connectivity index (χ1) is 12.1. The first-order valence-electron chi connectivity index (χ1n) is 8.53. The highest BCUT2D eigenvalue weighted by atomic mass is 16.5. The largest absolute Gasteiger partial charge is 0.377 e. The molecule has 7 nitrogen and oxygen atoms in total. The summed E-state index contributed by atoms with van der Waals surface area (Å²) in [5.74, 6) is -0.110. The molecule has 3 heterocycles. The van der Waals surface area contributed by atoms with Gasteiger partial charge in [0.1, 0.15) is 12.1 Å². The second-order valence-corrected chi connectivity index (χ2v) is 6.73. The number of methoxy groups -OCH3 is 1. The number of carbonyl (C=O) groups is 1. The predicted octanol–water partition coefficient (Wildman–Crippen LogP) is 1.68. The molecule has 0 spiro atoms. The van der Waals surface area contributed by atoms with Crippen LogP contribution in [-0.4, -0.2) is 53.9 Å². The van der Waals surface area contributed by atoms with Crippen molar-refractivity contribution in [2.45, 2.75) is 32.4 Å². The lowest BCUT2D eigenvalue weighted by Gasteiger charge is -2.17. The molecule has 1 amide bonds. The molecule has 1 aromatic heterocycles. The summed E-state index contributed by atoms with van der Waals surface area (Å²) >= 11 is 0. The number of hydrogen-bond donors (Lipinski definition) is 0. The van der Waals surface area contributed by atoms with Crippen LogP contribution in [0.15, 0.2) is 18.3 Å². The maximum absolute atomic E-state index is 12.9. The molecule has 2 aromatic rings. The van der Waals surface area contributed by atoms with Gasteiger partial charge < -0.3 is 14.4 Å². The molecule has 25 heavy (non-hydrogen) atoms. The fourth-order valence-electron chi connectivity index (χ4n) is 3.55. The van der Waals surface area contributed by atoms with Gasteiger partial charge in [0.15, 0.2) is 5.69 Å². The lowest BCUT2D eigenvalue weighted by atomic mass is 10.0. The molecule has 132 valence electrons. The van der Waals surface area contributed by atoms with E-state index in [2.05, 4.69) is 36.3 Å². The van der Waals surface area contributed by atoms with Crippen LogP contribution >= 0.6 is 0 Å². The highest BCUT2D eigenvalue weighted by molar-refractivity contribution is 6.05. The first-order valence-corrected chi connectivity index (χ1v) is 8.53. The second kappa shape index (κ2) is 6.24. The zero-order valence-electron chi connectivity index (χ0n) is 14.7. The fraction of sp³-hybridized carbons (Fsp3) is 0.500. The van der Waals surface area contributed by atoms with Crippen LogP contribution in [0.4, 0.5) is 5.69 Å². The van der Waals surface area contributed by atoms with Crippen molar-refractivity contribution >= 4 is 11.6 Å². The standard InChI is InChI=1S/C18H22N4O3/c1-11-6-13-4-5-21(15(13)7-12(11)2)18(23)14-8-22(20-19-14)16-9-25-10-17(16)24-3/h6-8,16-17H,4-5,9-10H2,1-3H3/t16-,17-/m1/s1. The quantitative estimate of drug-likeness (QED) is 0.849. The van der Waals surface area contributed by atoms with Gasteiger partial charge in [0.25, 0.3) is 5.91 Å². The van der Waals surface area contributed by atoms with Crippen molar-refractivity contribution in [1.29, 1.82) is 0 Å². The average Bonchev–Trinajstić information content (AvgIpc) is 3.33. The Labute approximate surface area is 146 Å². The maximum Gasteiger partial charge on any atom is 0.280 e. The summed E-state index contributed by atoms with van der Waals surface area (Å²) in [7, 11) is 1.65. The summed E-state index contributed by atoms with van der Waals surface area (Å²) in [5.41, 5.74) is 5.00. The molecule has 0 unspecified atom stereocenters. The van der Waals surface area contributed by atoms with E-state index in [4.69, 9.17) is 9.47 Å². The highest BCUT2D eigenvalue weighted by Gasteiger charge is 2.33. The number of amides is 1. The Hall–Kier alpha value is -2.25. The summed E-state index contributed by atoms with van der Waals surface area (Å²) in [6.45, 7) is 5.89. The van der Waals surface area contributed by atoms with Crippen LogP contribution in [0, 0.1) is 13.8 Å². The Balaban J connectivity index is 1.58. The third kappa shape index (κ3) is 2.73. The number of benzene rings is 1. The number of carbonyl (C=O) groups excluding carboxylic acids is 1. The number of aromatic nitrogens is 3. The van der Waals surface area contributed by atoms with Crippen LogP contribution in [0.25, 0.3) is 0 Å². The number of ether oxygens (including phenoxy) is 2. The van der Waals surface area contributed by atoms with E-state index in [9.17, 15) is 4.79 Å². The summed E-state index contributed by atoms with van der Waals surface area (Å²) < 4.78 is 12.5. The van der Waals surface area contributed by atoms with E-state index in [-0.39, 0.29) is 18.1 Å². The number of hydrogen-bond acceptors (Lipinski definition) is 5. The summed E-state index contributed by atoms with van der Waals surface area (Å²) in [6.07, 6.45) is 2.51. The Bertz CT molecular complexity index is 817. The van der Waals surface area contributed by atoms with E-state index in [0.717, 1.165) is 12.1 Å². The lowest BCUT2D eigenvalue weighted by Crippen LogP contribution is -2.29. The lowest BCUT2D eigenvalue weighted by molar-refractivity contribution is 0.0661. The molecule has 0 aliphatic carbocycles. The molecular weight excluding hydrogens is 320 g/mol. The molecule has 4 rings (SSSR count). The van der Waals surface area contributed by atoms with Crippen LogP contribution in [-0.2, 0) is 15.9 Å². The molecule has 0 saturated carbocycles. The topological polar surface area (TPSA) is 69.5 Å². The fourth-order valence-corrected chi connectivity index (χ4v) is 3.55. The molecule has 2 aliphatic rings. The van der Waals surface area contributed by atoms with Crippen molar-refractivity contribution in [2.24, 2.45) is 0 Å². The Morgan fingerprint density at radius 3 is 2.88 bits per heavy atom.